The summed E-state index contributed by atoms with van der Waals surface area (Å²) in [5.41, 5.74) is 10.2. The maximum absolute atomic E-state index is 11.9. The molecule has 0 saturated carbocycles. The number of primary amides is 1. The molecular formula is C16H21ClN4O5. The lowest BCUT2D eigenvalue weighted by Crippen LogP contribution is -2.71. The Morgan fingerprint density at radius 2 is 1.88 bits per heavy atom. The van der Waals surface area contributed by atoms with Crippen molar-refractivity contribution in [2.75, 3.05) is 24.5 Å². The number of para-hydroxylation sites is 1. The number of halogens is 1. The van der Waals surface area contributed by atoms with E-state index < -0.39 is 36.0 Å². The molecule has 2 rings (SSSR count). The van der Waals surface area contributed by atoms with Gasteiger partial charge in [0.15, 0.2) is 0 Å². The Kier molecular flexibility index (Phi) is 5.94. The number of nitrogens with two attached hydrogens (primary N) is 2. The van der Waals surface area contributed by atoms with E-state index in [0.29, 0.717) is 17.3 Å². The molecule has 0 aliphatic carbocycles. The van der Waals surface area contributed by atoms with Gasteiger partial charge in [-0.2, -0.15) is 0 Å². The third-order valence-electron chi connectivity index (χ3n) is 4.60. The molecule has 6 N–H and O–H groups in total. The molecule has 1 saturated heterocycles. The van der Waals surface area contributed by atoms with Gasteiger partial charge in [0, 0.05) is 26.1 Å². The van der Waals surface area contributed by atoms with Crippen LogP contribution in [-0.2, 0) is 9.59 Å². The predicted octanol–water partition coefficient (Wildman–Crippen LogP) is 0.556. The zero-order valence-corrected chi connectivity index (χ0v) is 14.7. The Balaban J connectivity index is 2.38. The molecule has 0 bridgehead atoms. The fourth-order valence-corrected chi connectivity index (χ4v) is 3.40. The molecular weight excluding hydrogens is 364 g/mol. The lowest BCUT2D eigenvalue weighted by Gasteiger charge is -2.47. The van der Waals surface area contributed by atoms with Crippen LogP contribution in [0.15, 0.2) is 24.3 Å². The first-order chi connectivity index (χ1) is 12.2. The van der Waals surface area contributed by atoms with Gasteiger partial charge in [-0.1, -0.05) is 23.7 Å². The predicted molar refractivity (Wildman–Crippen MR) is 95.2 cm³/mol. The summed E-state index contributed by atoms with van der Waals surface area (Å²) in [5.74, 6) is -2.57. The standard InChI is InChI=1S/C16H21ClN4O5/c17-10-3-1-2-4-11(10)20-7-8-21(15(18)26)12(9-20)16(19,14(24)25)6-5-13(22)23/h1-4,12H,5-9,19H2,(H2,18,26)(H,22,23)(H,24,25)/t12?,16-/m1/s1. The van der Waals surface area contributed by atoms with Crippen LogP contribution in [-0.4, -0.2) is 64.3 Å². The number of carbonyl (C=O) groups excluding carboxylic acids is 1. The monoisotopic (exact) mass is 384 g/mol. The van der Waals surface area contributed by atoms with Crippen LogP contribution in [0.3, 0.4) is 0 Å². The van der Waals surface area contributed by atoms with Crippen LogP contribution in [0.4, 0.5) is 10.5 Å². The number of hydrogen-bond donors (Lipinski definition) is 4. The minimum atomic E-state index is -1.96. The van der Waals surface area contributed by atoms with Crippen molar-refractivity contribution in [2.24, 2.45) is 11.5 Å². The molecule has 0 spiro atoms. The Morgan fingerprint density at radius 3 is 2.42 bits per heavy atom. The highest BCUT2D eigenvalue weighted by Crippen LogP contribution is 2.31. The first kappa shape index (κ1) is 19.8. The lowest BCUT2D eigenvalue weighted by molar-refractivity contribution is -0.147. The molecule has 9 nitrogen and oxygen atoms in total. The molecule has 10 heteroatoms. The van der Waals surface area contributed by atoms with Crippen LogP contribution in [0.5, 0.6) is 0 Å². The number of carbonyl (C=O) groups is 3. The maximum Gasteiger partial charge on any atom is 0.325 e. The summed E-state index contributed by atoms with van der Waals surface area (Å²) in [6.45, 7) is 0.595. The molecule has 2 atom stereocenters. The van der Waals surface area contributed by atoms with E-state index >= 15 is 0 Å². The Bertz CT molecular complexity index is 716. The molecule has 1 aromatic rings. The van der Waals surface area contributed by atoms with E-state index in [1.807, 2.05) is 4.90 Å². The summed E-state index contributed by atoms with van der Waals surface area (Å²) in [5, 5.41) is 19.1. The van der Waals surface area contributed by atoms with Crippen LogP contribution in [0.25, 0.3) is 0 Å². The number of carboxylic acid groups (broad SMARTS) is 2. The van der Waals surface area contributed by atoms with E-state index in [2.05, 4.69) is 0 Å². The van der Waals surface area contributed by atoms with Crippen molar-refractivity contribution in [1.29, 1.82) is 0 Å². The Morgan fingerprint density at radius 1 is 1.23 bits per heavy atom. The van der Waals surface area contributed by atoms with E-state index in [-0.39, 0.29) is 19.5 Å². The second-order valence-electron chi connectivity index (χ2n) is 6.18. The molecule has 1 heterocycles. The van der Waals surface area contributed by atoms with Gasteiger partial charge in [-0.05, 0) is 18.6 Å². The highest BCUT2D eigenvalue weighted by atomic mass is 35.5. The number of benzene rings is 1. The Hall–Kier alpha value is -2.52. The number of carboxylic acids is 2. The second-order valence-corrected chi connectivity index (χ2v) is 6.59. The number of piperazine rings is 1. The first-order valence-electron chi connectivity index (χ1n) is 7.96. The van der Waals surface area contributed by atoms with Gasteiger partial charge < -0.3 is 31.5 Å². The van der Waals surface area contributed by atoms with Gasteiger partial charge in [-0.3, -0.25) is 9.59 Å². The summed E-state index contributed by atoms with van der Waals surface area (Å²) in [6.07, 6.45) is -0.791. The van der Waals surface area contributed by atoms with E-state index in [9.17, 15) is 19.5 Å². The third kappa shape index (κ3) is 4.00. The molecule has 1 aromatic carbocycles. The molecule has 1 aliphatic heterocycles. The van der Waals surface area contributed by atoms with Crippen LogP contribution in [0.1, 0.15) is 12.8 Å². The highest BCUT2D eigenvalue weighted by Gasteiger charge is 2.49. The van der Waals surface area contributed by atoms with Gasteiger partial charge in [0.25, 0.3) is 0 Å². The Labute approximate surface area is 155 Å². The van der Waals surface area contributed by atoms with E-state index in [4.69, 9.17) is 28.2 Å². The number of hydrogen-bond acceptors (Lipinski definition) is 5. The number of rotatable bonds is 6. The molecule has 1 aliphatic rings. The third-order valence-corrected chi connectivity index (χ3v) is 4.92. The smallest absolute Gasteiger partial charge is 0.325 e. The largest absolute Gasteiger partial charge is 0.481 e. The summed E-state index contributed by atoms with van der Waals surface area (Å²) in [7, 11) is 0. The average Bonchev–Trinajstić information content (AvgIpc) is 2.59. The quantitative estimate of drug-likeness (QED) is 0.559. The van der Waals surface area contributed by atoms with Crippen molar-refractivity contribution in [3.05, 3.63) is 29.3 Å². The van der Waals surface area contributed by atoms with Gasteiger partial charge in [0.1, 0.15) is 5.54 Å². The number of amides is 2. The van der Waals surface area contributed by atoms with Crippen LogP contribution in [0, 0.1) is 0 Å². The van der Waals surface area contributed by atoms with Crippen molar-refractivity contribution in [3.8, 4) is 0 Å². The van der Waals surface area contributed by atoms with Crippen molar-refractivity contribution in [3.63, 3.8) is 0 Å². The van der Waals surface area contributed by atoms with Crippen molar-refractivity contribution < 1.29 is 24.6 Å². The summed E-state index contributed by atoms with van der Waals surface area (Å²) >= 11 is 6.21. The number of urea groups is 1. The molecule has 1 unspecified atom stereocenters. The minimum absolute atomic E-state index is 0.0646. The molecule has 26 heavy (non-hydrogen) atoms. The van der Waals surface area contributed by atoms with Crippen LogP contribution in [0.2, 0.25) is 5.02 Å². The minimum Gasteiger partial charge on any atom is -0.481 e. The van der Waals surface area contributed by atoms with Gasteiger partial charge in [0.2, 0.25) is 0 Å². The molecule has 0 radical (unpaired) electrons. The topological polar surface area (TPSA) is 150 Å². The first-order valence-corrected chi connectivity index (χ1v) is 8.34. The zero-order chi connectivity index (χ0) is 19.5. The number of nitrogens with zero attached hydrogens (tertiary/aromatic N) is 2. The van der Waals surface area contributed by atoms with Crippen LogP contribution >= 0.6 is 11.6 Å². The van der Waals surface area contributed by atoms with Gasteiger partial charge >= 0.3 is 18.0 Å². The number of anilines is 1. The fraction of sp³-hybridized carbons (Fsp3) is 0.438. The van der Waals surface area contributed by atoms with E-state index in [0.717, 1.165) is 0 Å². The van der Waals surface area contributed by atoms with Gasteiger partial charge in [0.05, 0.1) is 16.8 Å². The normalized spacial score (nSPS) is 19.7. The van der Waals surface area contributed by atoms with Crippen molar-refractivity contribution in [1.82, 2.24) is 4.90 Å². The van der Waals surface area contributed by atoms with Crippen LogP contribution < -0.4 is 16.4 Å². The molecule has 0 aromatic heterocycles. The summed E-state index contributed by atoms with van der Waals surface area (Å²) in [6, 6.07) is 5.20. The van der Waals surface area contributed by atoms with E-state index in [1.54, 1.807) is 24.3 Å². The highest BCUT2D eigenvalue weighted by molar-refractivity contribution is 6.33. The second kappa shape index (κ2) is 7.79. The summed E-state index contributed by atoms with van der Waals surface area (Å²) < 4.78 is 0. The van der Waals surface area contributed by atoms with Crippen molar-refractivity contribution >= 4 is 35.3 Å². The van der Waals surface area contributed by atoms with Gasteiger partial charge in [-0.25, -0.2) is 4.79 Å². The zero-order valence-electron chi connectivity index (χ0n) is 14.0. The maximum atomic E-state index is 11.9. The summed E-state index contributed by atoms with van der Waals surface area (Å²) in [4.78, 5) is 37.6. The molecule has 1 fully saturated rings. The van der Waals surface area contributed by atoms with Crippen molar-refractivity contribution in [2.45, 2.75) is 24.4 Å². The fourth-order valence-electron chi connectivity index (χ4n) is 3.14. The number of aliphatic carboxylic acids is 2. The van der Waals surface area contributed by atoms with E-state index in [1.165, 1.54) is 4.90 Å². The molecule has 2 amide bonds. The molecule has 142 valence electrons. The SMILES string of the molecule is NC(=O)N1CCN(c2ccccc2Cl)CC1[C@](N)(CCC(=O)O)C(=O)O. The lowest BCUT2D eigenvalue weighted by atomic mass is 9.83. The van der Waals surface area contributed by atoms with Gasteiger partial charge in [-0.15, -0.1) is 0 Å². The average molecular weight is 385 g/mol.